The number of benzene rings is 1. The van der Waals surface area contributed by atoms with Gasteiger partial charge in [0.1, 0.15) is 30.2 Å². The summed E-state index contributed by atoms with van der Waals surface area (Å²) in [5.41, 5.74) is 1.04. The number of methoxy groups -OCH3 is 1. The molecule has 7 heteroatoms. The second-order valence-corrected chi connectivity index (χ2v) is 5.38. The van der Waals surface area contributed by atoms with Crippen LogP contribution in [0.1, 0.15) is 24.2 Å². The lowest BCUT2D eigenvalue weighted by Crippen LogP contribution is -2.53. The third-order valence-electron chi connectivity index (χ3n) is 3.81. The first-order valence-electron chi connectivity index (χ1n) is 6.93. The van der Waals surface area contributed by atoms with Crippen molar-refractivity contribution in [3.63, 3.8) is 0 Å². The van der Waals surface area contributed by atoms with E-state index in [2.05, 4.69) is 0 Å². The van der Waals surface area contributed by atoms with Crippen molar-refractivity contribution in [3.8, 4) is 5.75 Å². The van der Waals surface area contributed by atoms with Gasteiger partial charge in [-0.25, -0.2) is 0 Å². The van der Waals surface area contributed by atoms with Gasteiger partial charge in [-0.2, -0.15) is 0 Å². The van der Waals surface area contributed by atoms with Crippen LogP contribution in [0.15, 0.2) is 18.2 Å². The van der Waals surface area contributed by atoms with Crippen LogP contribution in [-0.4, -0.2) is 57.9 Å². The van der Waals surface area contributed by atoms with Crippen molar-refractivity contribution in [2.24, 2.45) is 0 Å². The predicted octanol–water partition coefficient (Wildman–Crippen LogP) is -0.135. The molecule has 1 fully saturated rings. The SMILES string of the molecule is COc1cc(CC(=O)O)ccc1[C@@H]1O[C@@H](C)[C@@H](O)[C@@H](O)[C@@H]1O. The van der Waals surface area contributed by atoms with Gasteiger partial charge in [0.05, 0.1) is 19.6 Å². The zero-order valence-electron chi connectivity index (χ0n) is 12.3. The van der Waals surface area contributed by atoms with E-state index < -0.39 is 36.5 Å². The van der Waals surface area contributed by atoms with Gasteiger partial charge in [0, 0.05) is 5.56 Å². The molecule has 0 saturated carbocycles. The minimum atomic E-state index is -1.34. The van der Waals surface area contributed by atoms with Crippen molar-refractivity contribution in [2.45, 2.75) is 43.9 Å². The monoisotopic (exact) mass is 312 g/mol. The largest absolute Gasteiger partial charge is 0.496 e. The lowest BCUT2D eigenvalue weighted by molar-refractivity contribution is -0.219. The number of hydrogen-bond acceptors (Lipinski definition) is 6. The predicted molar refractivity (Wildman–Crippen MR) is 75.6 cm³/mol. The van der Waals surface area contributed by atoms with Gasteiger partial charge >= 0.3 is 5.97 Å². The van der Waals surface area contributed by atoms with E-state index in [1.54, 1.807) is 25.1 Å². The molecule has 1 aliphatic rings. The fourth-order valence-electron chi connectivity index (χ4n) is 2.58. The number of rotatable bonds is 4. The van der Waals surface area contributed by atoms with Crippen molar-refractivity contribution >= 4 is 5.97 Å². The van der Waals surface area contributed by atoms with E-state index in [4.69, 9.17) is 14.6 Å². The maximum absolute atomic E-state index is 10.8. The summed E-state index contributed by atoms with van der Waals surface area (Å²) in [6.07, 6.45) is -5.51. The van der Waals surface area contributed by atoms with Gasteiger partial charge in [0.25, 0.3) is 0 Å². The Bertz CT molecular complexity index is 545. The number of carbonyl (C=O) groups is 1. The van der Waals surface area contributed by atoms with Crippen LogP contribution in [0.3, 0.4) is 0 Å². The lowest BCUT2D eigenvalue weighted by atomic mass is 9.90. The Kier molecular flexibility index (Phi) is 5.02. The first-order valence-corrected chi connectivity index (χ1v) is 6.93. The molecule has 5 atom stereocenters. The molecule has 2 rings (SSSR count). The first-order chi connectivity index (χ1) is 10.3. The highest BCUT2D eigenvalue weighted by Crippen LogP contribution is 2.37. The Morgan fingerprint density at radius 3 is 2.50 bits per heavy atom. The molecular weight excluding hydrogens is 292 g/mol. The topological polar surface area (TPSA) is 116 Å². The Balaban J connectivity index is 2.33. The van der Waals surface area contributed by atoms with Crippen LogP contribution < -0.4 is 4.74 Å². The van der Waals surface area contributed by atoms with Crippen molar-refractivity contribution in [3.05, 3.63) is 29.3 Å². The summed E-state index contributed by atoms with van der Waals surface area (Å²) in [6, 6.07) is 4.76. The number of aliphatic hydroxyl groups excluding tert-OH is 3. The molecule has 1 aromatic rings. The zero-order chi connectivity index (χ0) is 16.4. The summed E-state index contributed by atoms with van der Waals surface area (Å²) < 4.78 is 10.8. The van der Waals surface area contributed by atoms with Crippen molar-refractivity contribution in [2.75, 3.05) is 7.11 Å². The quantitative estimate of drug-likeness (QED) is 0.611. The molecule has 4 N–H and O–H groups in total. The van der Waals surface area contributed by atoms with Crippen LogP contribution in [0, 0.1) is 0 Å². The zero-order valence-corrected chi connectivity index (χ0v) is 12.3. The van der Waals surface area contributed by atoms with Crippen LogP contribution in [0.25, 0.3) is 0 Å². The van der Waals surface area contributed by atoms with Crippen molar-refractivity contribution in [1.29, 1.82) is 0 Å². The Morgan fingerprint density at radius 2 is 1.91 bits per heavy atom. The van der Waals surface area contributed by atoms with Gasteiger partial charge in [0.2, 0.25) is 0 Å². The van der Waals surface area contributed by atoms with E-state index in [9.17, 15) is 20.1 Å². The molecule has 0 radical (unpaired) electrons. The third kappa shape index (κ3) is 3.22. The van der Waals surface area contributed by atoms with Crippen molar-refractivity contribution < 1.29 is 34.7 Å². The van der Waals surface area contributed by atoms with Gasteiger partial charge in [-0.15, -0.1) is 0 Å². The minimum absolute atomic E-state index is 0.150. The maximum Gasteiger partial charge on any atom is 0.307 e. The Morgan fingerprint density at radius 1 is 1.23 bits per heavy atom. The smallest absolute Gasteiger partial charge is 0.307 e. The third-order valence-corrected chi connectivity index (χ3v) is 3.81. The number of carboxylic acid groups (broad SMARTS) is 1. The number of aliphatic carboxylic acids is 1. The van der Waals surface area contributed by atoms with Crippen LogP contribution in [0.4, 0.5) is 0 Å². The molecule has 22 heavy (non-hydrogen) atoms. The molecule has 1 aliphatic heterocycles. The lowest BCUT2D eigenvalue weighted by Gasteiger charge is -2.39. The number of carboxylic acids is 1. The first kappa shape index (κ1) is 16.7. The van der Waals surface area contributed by atoms with Gasteiger partial charge in [-0.3, -0.25) is 4.79 Å². The maximum atomic E-state index is 10.8. The summed E-state index contributed by atoms with van der Waals surface area (Å²) >= 11 is 0. The van der Waals surface area contributed by atoms with Crippen LogP contribution in [0.2, 0.25) is 0 Å². The molecule has 0 aromatic heterocycles. The fourth-order valence-corrected chi connectivity index (χ4v) is 2.58. The second kappa shape index (κ2) is 6.62. The van der Waals surface area contributed by atoms with Gasteiger partial charge in [-0.1, -0.05) is 12.1 Å². The molecule has 0 unspecified atom stereocenters. The highest BCUT2D eigenvalue weighted by molar-refractivity contribution is 5.70. The molecular formula is C15H20O7. The number of hydrogen-bond donors (Lipinski definition) is 4. The minimum Gasteiger partial charge on any atom is -0.496 e. The van der Waals surface area contributed by atoms with E-state index in [1.807, 2.05) is 0 Å². The second-order valence-electron chi connectivity index (χ2n) is 5.38. The molecule has 1 aromatic carbocycles. The van der Waals surface area contributed by atoms with Crippen LogP contribution >= 0.6 is 0 Å². The number of ether oxygens (including phenoxy) is 2. The van der Waals surface area contributed by atoms with Gasteiger partial charge in [0.15, 0.2) is 0 Å². The fraction of sp³-hybridized carbons (Fsp3) is 0.533. The van der Waals surface area contributed by atoms with Crippen molar-refractivity contribution in [1.82, 2.24) is 0 Å². The van der Waals surface area contributed by atoms with Gasteiger partial charge < -0.3 is 29.9 Å². The highest BCUT2D eigenvalue weighted by Gasteiger charge is 2.43. The molecule has 1 saturated heterocycles. The van der Waals surface area contributed by atoms with E-state index in [-0.39, 0.29) is 6.42 Å². The molecule has 0 aliphatic carbocycles. The van der Waals surface area contributed by atoms with E-state index in [1.165, 1.54) is 7.11 Å². The van der Waals surface area contributed by atoms with Crippen LogP contribution in [0.5, 0.6) is 5.75 Å². The average Bonchev–Trinajstić information content (AvgIpc) is 2.48. The Labute approximate surface area is 127 Å². The number of aliphatic hydroxyl groups is 3. The van der Waals surface area contributed by atoms with Crippen LogP contribution in [-0.2, 0) is 16.0 Å². The normalized spacial score (nSPS) is 31.8. The highest BCUT2D eigenvalue weighted by atomic mass is 16.5. The standard InChI is InChI=1S/C15H20O7/c1-7-12(18)13(19)14(20)15(22-7)9-4-3-8(6-11(16)17)5-10(9)21-2/h3-5,7,12-15,18-20H,6H2,1-2H3,(H,16,17)/t7-,12+,13+,14-,15-/m0/s1. The van der Waals surface area contributed by atoms with E-state index in [0.717, 1.165) is 0 Å². The molecule has 0 bridgehead atoms. The summed E-state index contributed by atoms with van der Waals surface area (Å²) in [5.74, 6) is -0.602. The molecule has 0 amide bonds. The van der Waals surface area contributed by atoms with E-state index in [0.29, 0.717) is 16.9 Å². The molecule has 122 valence electrons. The van der Waals surface area contributed by atoms with Gasteiger partial charge in [-0.05, 0) is 18.6 Å². The Hall–Kier alpha value is -1.67. The van der Waals surface area contributed by atoms with E-state index >= 15 is 0 Å². The summed E-state index contributed by atoms with van der Waals surface area (Å²) in [7, 11) is 1.42. The molecule has 1 heterocycles. The molecule has 7 nitrogen and oxygen atoms in total. The summed E-state index contributed by atoms with van der Waals surface area (Å²) in [5, 5.41) is 38.6. The summed E-state index contributed by atoms with van der Waals surface area (Å²) in [4.78, 5) is 10.8. The molecule has 0 spiro atoms. The average molecular weight is 312 g/mol. The summed E-state index contributed by atoms with van der Waals surface area (Å²) in [6.45, 7) is 1.60.